The van der Waals surface area contributed by atoms with Crippen molar-refractivity contribution in [1.29, 1.82) is 0 Å². The van der Waals surface area contributed by atoms with E-state index in [1.54, 1.807) is 0 Å². The summed E-state index contributed by atoms with van der Waals surface area (Å²) < 4.78 is 7.91. The average Bonchev–Trinajstić information content (AvgIpc) is 2.86. The van der Waals surface area contributed by atoms with Crippen molar-refractivity contribution in [3.63, 3.8) is 0 Å². The fourth-order valence-electron chi connectivity index (χ4n) is 3.34. The van der Waals surface area contributed by atoms with E-state index in [1.807, 2.05) is 18.2 Å². The minimum atomic E-state index is 0.135. The molecule has 5 rings (SSSR count). The number of fused-ring (bicyclic) bond motifs is 2. The van der Waals surface area contributed by atoms with Gasteiger partial charge in [0.25, 0.3) is 0 Å². The topological polar surface area (TPSA) is 26.5 Å². The van der Waals surface area contributed by atoms with E-state index < -0.39 is 0 Å². The van der Waals surface area contributed by atoms with Crippen LogP contribution in [-0.2, 0) is 10.2 Å². The van der Waals surface area contributed by atoms with Crippen LogP contribution in [-0.4, -0.2) is 21.6 Å². The Labute approximate surface area is 94.1 Å². The van der Waals surface area contributed by atoms with Crippen molar-refractivity contribution >= 4 is 5.65 Å². The van der Waals surface area contributed by atoms with Crippen LogP contribution in [0.2, 0.25) is 0 Å². The third kappa shape index (κ3) is 0.944. The summed E-state index contributed by atoms with van der Waals surface area (Å²) in [5.41, 5.74) is 2.58. The number of aromatic nitrogens is 2. The fourth-order valence-corrected chi connectivity index (χ4v) is 3.34. The predicted molar refractivity (Wildman–Crippen MR) is 60.5 cm³/mol. The summed E-state index contributed by atoms with van der Waals surface area (Å²) in [6, 6.07) is 6.11. The summed E-state index contributed by atoms with van der Waals surface area (Å²) in [5, 5.41) is 0. The summed E-state index contributed by atoms with van der Waals surface area (Å²) in [7, 11) is 0. The zero-order valence-electron chi connectivity index (χ0n) is 9.31. The third-order valence-corrected chi connectivity index (χ3v) is 4.03. The van der Waals surface area contributed by atoms with Crippen LogP contribution >= 0.6 is 0 Å². The van der Waals surface area contributed by atoms with Crippen molar-refractivity contribution < 1.29 is 4.74 Å². The van der Waals surface area contributed by atoms with Gasteiger partial charge < -0.3 is 9.14 Å². The number of hydrogen-bond acceptors (Lipinski definition) is 2. The molecule has 3 aliphatic rings. The molecule has 3 nitrogen and oxygen atoms in total. The third-order valence-electron chi connectivity index (χ3n) is 4.03. The first-order valence-corrected chi connectivity index (χ1v) is 5.78. The van der Waals surface area contributed by atoms with Crippen molar-refractivity contribution in [2.24, 2.45) is 0 Å². The number of pyridine rings is 1. The van der Waals surface area contributed by atoms with E-state index in [1.165, 1.54) is 5.69 Å². The lowest BCUT2D eigenvalue weighted by Crippen LogP contribution is -2.45. The van der Waals surface area contributed by atoms with Crippen molar-refractivity contribution in [3.8, 4) is 0 Å². The van der Waals surface area contributed by atoms with Crippen LogP contribution in [0.4, 0.5) is 0 Å². The lowest BCUT2D eigenvalue weighted by molar-refractivity contribution is 0.0154. The van der Waals surface area contributed by atoms with Gasteiger partial charge in [0.1, 0.15) is 5.65 Å². The van der Waals surface area contributed by atoms with Crippen molar-refractivity contribution in [1.82, 2.24) is 9.38 Å². The van der Waals surface area contributed by atoms with Gasteiger partial charge in [-0.05, 0) is 31.9 Å². The first-order chi connectivity index (χ1) is 7.69. The minimum absolute atomic E-state index is 0.135. The van der Waals surface area contributed by atoms with E-state index in [0.717, 1.165) is 25.1 Å². The Kier molecular flexibility index (Phi) is 1.36. The molecule has 3 fully saturated rings. The molecule has 16 heavy (non-hydrogen) atoms. The maximum Gasteiger partial charge on any atom is 0.136 e. The molecule has 1 aliphatic carbocycles. The van der Waals surface area contributed by atoms with Gasteiger partial charge in [-0.3, -0.25) is 0 Å². The maximum absolute atomic E-state index is 5.82. The summed E-state index contributed by atoms with van der Waals surface area (Å²) in [6.45, 7) is 3.04. The molecule has 2 aliphatic heterocycles. The Morgan fingerprint density at radius 1 is 1.38 bits per heavy atom. The molecule has 2 bridgehead atoms. The average molecular weight is 214 g/mol. The van der Waals surface area contributed by atoms with Gasteiger partial charge >= 0.3 is 0 Å². The fraction of sp³-hybridized carbons (Fsp3) is 0.462. The van der Waals surface area contributed by atoms with Crippen LogP contribution in [0, 0.1) is 0 Å². The van der Waals surface area contributed by atoms with Crippen LogP contribution < -0.4 is 0 Å². The summed E-state index contributed by atoms with van der Waals surface area (Å²) >= 11 is 0. The molecular formula is C13H14N2O. The van der Waals surface area contributed by atoms with Gasteiger partial charge in [-0.15, -0.1) is 0 Å². The highest BCUT2D eigenvalue weighted by Crippen LogP contribution is 2.58. The maximum atomic E-state index is 5.82. The molecule has 2 saturated heterocycles. The minimum Gasteiger partial charge on any atom is -0.374 e. The molecule has 0 unspecified atom stereocenters. The molecular weight excluding hydrogens is 200 g/mol. The van der Waals surface area contributed by atoms with Crippen LogP contribution in [0.25, 0.3) is 5.65 Å². The predicted octanol–water partition coefficient (Wildman–Crippen LogP) is 2.15. The molecule has 0 atom stereocenters. The molecule has 0 aromatic carbocycles. The number of rotatable bonds is 1. The summed E-state index contributed by atoms with van der Waals surface area (Å²) in [6.07, 6.45) is 6.47. The normalized spacial score (nSPS) is 36.6. The molecule has 2 aromatic heterocycles. The van der Waals surface area contributed by atoms with Crippen molar-refractivity contribution in [2.45, 2.75) is 30.8 Å². The second-order valence-corrected chi connectivity index (χ2v) is 5.46. The highest BCUT2D eigenvalue weighted by Gasteiger charge is 2.61. The monoisotopic (exact) mass is 214 g/mol. The van der Waals surface area contributed by atoms with Gasteiger partial charge in [-0.2, -0.15) is 0 Å². The van der Waals surface area contributed by atoms with Gasteiger partial charge in [0.15, 0.2) is 0 Å². The standard InChI is InChI=1S/C13H14N2O/c1-12-7-13(8-12,9-16-12)10-6-15-5-3-2-4-11(15)14-10/h2-6H,7-9H2,1H3. The second-order valence-electron chi connectivity index (χ2n) is 5.46. The van der Waals surface area contributed by atoms with Gasteiger partial charge in [0.05, 0.1) is 17.9 Å². The van der Waals surface area contributed by atoms with Crippen LogP contribution in [0.3, 0.4) is 0 Å². The molecule has 4 heterocycles. The van der Waals surface area contributed by atoms with Crippen molar-refractivity contribution in [2.75, 3.05) is 6.61 Å². The van der Waals surface area contributed by atoms with Gasteiger partial charge in [0.2, 0.25) is 0 Å². The van der Waals surface area contributed by atoms with Crippen LogP contribution in [0.15, 0.2) is 30.6 Å². The molecule has 0 N–H and O–H groups in total. The molecule has 0 spiro atoms. The van der Waals surface area contributed by atoms with Crippen LogP contribution in [0.1, 0.15) is 25.5 Å². The lowest BCUT2D eigenvalue weighted by atomic mass is 9.62. The quantitative estimate of drug-likeness (QED) is 0.727. The molecule has 0 radical (unpaired) electrons. The highest BCUT2D eigenvalue weighted by atomic mass is 16.5. The first kappa shape index (κ1) is 8.76. The van der Waals surface area contributed by atoms with E-state index >= 15 is 0 Å². The van der Waals surface area contributed by atoms with E-state index in [4.69, 9.17) is 9.72 Å². The lowest BCUT2D eigenvalue weighted by Gasteiger charge is -2.41. The molecule has 1 saturated carbocycles. The largest absolute Gasteiger partial charge is 0.374 e. The van der Waals surface area contributed by atoms with E-state index in [-0.39, 0.29) is 11.0 Å². The Balaban J connectivity index is 1.83. The van der Waals surface area contributed by atoms with Crippen LogP contribution in [0.5, 0.6) is 0 Å². The smallest absolute Gasteiger partial charge is 0.136 e. The summed E-state index contributed by atoms with van der Waals surface area (Å²) in [5.74, 6) is 0. The van der Waals surface area contributed by atoms with Gasteiger partial charge in [-0.1, -0.05) is 6.07 Å². The highest BCUT2D eigenvalue weighted by molar-refractivity contribution is 5.43. The number of imidazole rings is 1. The van der Waals surface area contributed by atoms with E-state index in [2.05, 4.69) is 23.7 Å². The van der Waals surface area contributed by atoms with Gasteiger partial charge in [-0.25, -0.2) is 4.98 Å². The Morgan fingerprint density at radius 2 is 2.25 bits per heavy atom. The zero-order valence-corrected chi connectivity index (χ0v) is 9.31. The van der Waals surface area contributed by atoms with Crippen molar-refractivity contribution in [3.05, 3.63) is 36.3 Å². The second kappa shape index (κ2) is 2.48. The Morgan fingerprint density at radius 3 is 2.94 bits per heavy atom. The molecule has 2 aromatic rings. The molecule has 82 valence electrons. The first-order valence-electron chi connectivity index (χ1n) is 5.78. The molecule has 0 amide bonds. The molecule has 3 heteroatoms. The van der Waals surface area contributed by atoms with E-state index in [9.17, 15) is 0 Å². The Hall–Kier alpha value is -1.35. The number of ether oxygens (including phenoxy) is 1. The van der Waals surface area contributed by atoms with Gasteiger partial charge in [0, 0.05) is 17.8 Å². The summed E-state index contributed by atoms with van der Waals surface area (Å²) in [4.78, 5) is 4.72. The zero-order chi connectivity index (χ0) is 10.8. The van der Waals surface area contributed by atoms with E-state index in [0.29, 0.717) is 0 Å². The number of hydrogen-bond donors (Lipinski definition) is 0. The SMILES string of the molecule is CC12CC(c3cn4ccccc4n3)(CO1)C2. The Bertz CT molecular complexity index is 533. The number of nitrogens with zero attached hydrogens (tertiary/aromatic N) is 2.